The van der Waals surface area contributed by atoms with E-state index < -0.39 is 5.82 Å². The number of nitrogens with one attached hydrogen (secondary N) is 1. The van der Waals surface area contributed by atoms with Crippen LogP contribution in [0.2, 0.25) is 10.0 Å². The van der Waals surface area contributed by atoms with Gasteiger partial charge in [0.1, 0.15) is 17.3 Å². The van der Waals surface area contributed by atoms with Gasteiger partial charge >= 0.3 is 0 Å². The second-order valence-electron chi connectivity index (χ2n) is 4.61. The summed E-state index contributed by atoms with van der Waals surface area (Å²) in [6.45, 7) is 3.64. The standard InChI is InChI=1S/C16H16Cl2FNO/c1-2-7-20-10-11-8-12(17)3-6-16(11)21-13-4-5-14(18)15(19)9-13/h3-6,8-9,20H,2,7,10H2,1H3. The molecule has 0 aromatic heterocycles. The summed E-state index contributed by atoms with van der Waals surface area (Å²) in [4.78, 5) is 0. The van der Waals surface area contributed by atoms with Crippen LogP contribution >= 0.6 is 23.2 Å². The zero-order valence-corrected chi connectivity index (χ0v) is 13.1. The molecular formula is C16H16Cl2FNO. The molecule has 0 bridgehead atoms. The number of ether oxygens (including phenoxy) is 1. The van der Waals surface area contributed by atoms with Crippen molar-refractivity contribution in [3.05, 3.63) is 57.8 Å². The Morgan fingerprint density at radius 1 is 1.14 bits per heavy atom. The molecule has 2 aromatic rings. The maximum absolute atomic E-state index is 13.4. The molecule has 5 heteroatoms. The van der Waals surface area contributed by atoms with Crippen LogP contribution in [0.3, 0.4) is 0 Å². The minimum absolute atomic E-state index is 0.0725. The molecular weight excluding hydrogens is 312 g/mol. The SMILES string of the molecule is CCCNCc1cc(Cl)ccc1Oc1ccc(Cl)c(F)c1. The van der Waals surface area contributed by atoms with Crippen molar-refractivity contribution in [2.24, 2.45) is 0 Å². The lowest BCUT2D eigenvalue weighted by atomic mass is 10.2. The van der Waals surface area contributed by atoms with Gasteiger partial charge < -0.3 is 10.1 Å². The van der Waals surface area contributed by atoms with Gasteiger partial charge in [-0.25, -0.2) is 4.39 Å². The highest BCUT2D eigenvalue weighted by atomic mass is 35.5. The summed E-state index contributed by atoms with van der Waals surface area (Å²) >= 11 is 11.7. The lowest BCUT2D eigenvalue weighted by Crippen LogP contribution is -2.14. The van der Waals surface area contributed by atoms with Crippen molar-refractivity contribution in [1.29, 1.82) is 0 Å². The van der Waals surface area contributed by atoms with Crippen LogP contribution < -0.4 is 10.1 Å². The molecule has 0 radical (unpaired) electrons. The van der Waals surface area contributed by atoms with Gasteiger partial charge in [-0.2, -0.15) is 0 Å². The fraction of sp³-hybridized carbons (Fsp3) is 0.250. The Labute approximate surface area is 133 Å². The fourth-order valence-electron chi connectivity index (χ4n) is 1.85. The average molecular weight is 328 g/mol. The molecule has 0 heterocycles. The average Bonchev–Trinajstić information content (AvgIpc) is 2.46. The Morgan fingerprint density at radius 3 is 2.67 bits per heavy atom. The summed E-state index contributed by atoms with van der Waals surface area (Å²) in [6.07, 6.45) is 1.04. The van der Waals surface area contributed by atoms with E-state index in [4.69, 9.17) is 27.9 Å². The molecule has 0 aliphatic carbocycles. The normalized spacial score (nSPS) is 10.7. The number of halogens is 3. The summed E-state index contributed by atoms with van der Waals surface area (Å²) in [5, 5.41) is 4.00. The lowest BCUT2D eigenvalue weighted by molar-refractivity contribution is 0.467. The van der Waals surface area contributed by atoms with Gasteiger partial charge in [-0.3, -0.25) is 0 Å². The molecule has 0 spiro atoms. The molecule has 0 amide bonds. The molecule has 0 aliphatic heterocycles. The molecule has 0 saturated carbocycles. The molecule has 0 atom stereocenters. The molecule has 0 fully saturated rings. The molecule has 0 saturated heterocycles. The number of hydrogen-bond acceptors (Lipinski definition) is 2. The van der Waals surface area contributed by atoms with Crippen LogP contribution in [-0.2, 0) is 6.54 Å². The molecule has 112 valence electrons. The first-order valence-electron chi connectivity index (χ1n) is 6.72. The van der Waals surface area contributed by atoms with Gasteiger partial charge in [0, 0.05) is 23.2 Å². The number of benzene rings is 2. The van der Waals surface area contributed by atoms with Crippen molar-refractivity contribution in [1.82, 2.24) is 5.32 Å². The van der Waals surface area contributed by atoms with E-state index in [-0.39, 0.29) is 5.02 Å². The minimum atomic E-state index is -0.506. The predicted molar refractivity (Wildman–Crippen MR) is 84.9 cm³/mol. The summed E-state index contributed by atoms with van der Waals surface area (Å²) in [5.74, 6) is 0.537. The van der Waals surface area contributed by atoms with E-state index in [1.807, 2.05) is 6.07 Å². The zero-order valence-electron chi connectivity index (χ0n) is 11.6. The van der Waals surface area contributed by atoms with Crippen molar-refractivity contribution in [3.8, 4) is 11.5 Å². The Kier molecular flexibility index (Phi) is 5.85. The van der Waals surface area contributed by atoms with Gasteiger partial charge in [-0.05, 0) is 43.3 Å². The first-order valence-corrected chi connectivity index (χ1v) is 7.47. The predicted octanol–water partition coefficient (Wildman–Crippen LogP) is 5.42. The molecule has 1 N–H and O–H groups in total. The molecule has 2 nitrogen and oxygen atoms in total. The van der Waals surface area contributed by atoms with Crippen LogP contribution in [0, 0.1) is 5.82 Å². The zero-order chi connectivity index (χ0) is 15.2. The smallest absolute Gasteiger partial charge is 0.145 e. The highest BCUT2D eigenvalue weighted by molar-refractivity contribution is 6.31. The lowest BCUT2D eigenvalue weighted by Gasteiger charge is -2.12. The maximum atomic E-state index is 13.4. The highest BCUT2D eigenvalue weighted by Gasteiger charge is 2.08. The summed E-state index contributed by atoms with van der Waals surface area (Å²) in [6, 6.07) is 9.72. The molecule has 21 heavy (non-hydrogen) atoms. The summed E-state index contributed by atoms with van der Waals surface area (Å²) in [5.41, 5.74) is 0.923. The van der Waals surface area contributed by atoms with Gasteiger partial charge in [0.25, 0.3) is 0 Å². The Balaban J connectivity index is 2.19. The van der Waals surface area contributed by atoms with Gasteiger partial charge in [0.05, 0.1) is 5.02 Å². The second-order valence-corrected chi connectivity index (χ2v) is 5.45. The molecule has 0 aliphatic rings. The third-order valence-corrected chi connectivity index (χ3v) is 3.43. The third kappa shape index (κ3) is 4.60. The van der Waals surface area contributed by atoms with Gasteiger partial charge in [0.2, 0.25) is 0 Å². The van der Waals surface area contributed by atoms with Crippen LogP contribution in [0.1, 0.15) is 18.9 Å². The van der Waals surface area contributed by atoms with E-state index in [9.17, 15) is 4.39 Å². The molecule has 2 rings (SSSR count). The summed E-state index contributed by atoms with van der Waals surface area (Å²) in [7, 11) is 0. The largest absolute Gasteiger partial charge is 0.457 e. The highest BCUT2D eigenvalue weighted by Crippen LogP contribution is 2.29. The van der Waals surface area contributed by atoms with Crippen LogP contribution in [0.5, 0.6) is 11.5 Å². The van der Waals surface area contributed by atoms with E-state index in [0.29, 0.717) is 23.1 Å². The Morgan fingerprint density at radius 2 is 1.95 bits per heavy atom. The van der Waals surface area contributed by atoms with E-state index in [1.54, 1.807) is 18.2 Å². The van der Waals surface area contributed by atoms with Crippen LogP contribution in [0.25, 0.3) is 0 Å². The Hall–Kier alpha value is -1.29. The van der Waals surface area contributed by atoms with Crippen molar-refractivity contribution >= 4 is 23.2 Å². The van der Waals surface area contributed by atoms with E-state index in [0.717, 1.165) is 18.5 Å². The van der Waals surface area contributed by atoms with Crippen molar-refractivity contribution in [2.75, 3.05) is 6.54 Å². The van der Waals surface area contributed by atoms with Crippen LogP contribution in [0.4, 0.5) is 4.39 Å². The van der Waals surface area contributed by atoms with Gasteiger partial charge in [-0.15, -0.1) is 0 Å². The van der Waals surface area contributed by atoms with Crippen molar-refractivity contribution in [2.45, 2.75) is 19.9 Å². The van der Waals surface area contributed by atoms with E-state index >= 15 is 0 Å². The van der Waals surface area contributed by atoms with Crippen LogP contribution in [-0.4, -0.2) is 6.54 Å². The topological polar surface area (TPSA) is 21.3 Å². The van der Waals surface area contributed by atoms with Gasteiger partial charge in [0.15, 0.2) is 0 Å². The van der Waals surface area contributed by atoms with Crippen molar-refractivity contribution < 1.29 is 9.13 Å². The van der Waals surface area contributed by atoms with E-state index in [2.05, 4.69) is 12.2 Å². The number of hydrogen-bond donors (Lipinski definition) is 1. The first-order chi connectivity index (χ1) is 10.1. The van der Waals surface area contributed by atoms with Crippen LogP contribution in [0.15, 0.2) is 36.4 Å². The van der Waals surface area contributed by atoms with E-state index in [1.165, 1.54) is 12.1 Å². The fourth-order valence-corrected chi connectivity index (χ4v) is 2.17. The molecule has 0 unspecified atom stereocenters. The Bertz CT molecular complexity index is 619. The van der Waals surface area contributed by atoms with Crippen molar-refractivity contribution in [3.63, 3.8) is 0 Å². The second kappa shape index (κ2) is 7.64. The first kappa shape index (κ1) is 16.1. The maximum Gasteiger partial charge on any atom is 0.145 e. The summed E-state index contributed by atoms with van der Waals surface area (Å²) < 4.78 is 19.2. The third-order valence-electron chi connectivity index (χ3n) is 2.88. The quantitative estimate of drug-likeness (QED) is 0.715. The minimum Gasteiger partial charge on any atom is -0.457 e. The van der Waals surface area contributed by atoms with Gasteiger partial charge in [-0.1, -0.05) is 30.1 Å². The molecule has 2 aromatic carbocycles. The number of rotatable bonds is 6. The monoisotopic (exact) mass is 327 g/mol.